The van der Waals surface area contributed by atoms with E-state index in [1.165, 1.54) is 0 Å². The van der Waals surface area contributed by atoms with E-state index >= 15 is 0 Å². The van der Waals surface area contributed by atoms with Crippen molar-refractivity contribution in [2.24, 2.45) is 5.92 Å². The van der Waals surface area contributed by atoms with Crippen LogP contribution in [0.2, 0.25) is 0 Å². The van der Waals surface area contributed by atoms with Gasteiger partial charge in [-0.25, -0.2) is 0 Å². The van der Waals surface area contributed by atoms with E-state index in [1.54, 1.807) is 0 Å². The first-order valence-electron chi connectivity index (χ1n) is 3.46. The maximum absolute atomic E-state index is 10.5. The Labute approximate surface area is 84.3 Å². The van der Waals surface area contributed by atoms with E-state index in [4.69, 9.17) is 16.7 Å². The molecule has 0 bridgehead atoms. The lowest BCUT2D eigenvalue weighted by molar-refractivity contribution is -0.872. The number of hydrogen-bond donors (Lipinski definition) is 1. The monoisotopic (exact) mass is 215 g/mol. The standard InChI is InChI=1S/C7H14ClNO2.ClH/c1-9(2,3)5-6(4-8)7(10)11;/h6H,4-5H2,1-3H3;1H. The van der Waals surface area contributed by atoms with Crippen molar-refractivity contribution in [2.75, 3.05) is 33.6 Å². The highest BCUT2D eigenvalue weighted by Gasteiger charge is 2.23. The van der Waals surface area contributed by atoms with Crippen molar-refractivity contribution in [1.29, 1.82) is 0 Å². The van der Waals surface area contributed by atoms with Crippen molar-refractivity contribution in [3.63, 3.8) is 0 Å². The zero-order valence-corrected chi connectivity index (χ0v) is 9.06. The summed E-state index contributed by atoms with van der Waals surface area (Å²) < 4.78 is 0.629. The van der Waals surface area contributed by atoms with E-state index < -0.39 is 11.9 Å². The summed E-state index contributed by atoms with van der Waals surface area (Å²) in [5.74, 6) is -1.06. The van der Waals surface area contributed by atoms with E-state index in [1.807, 2.05) is 21.1 Å². The normalized spacial score (nSPS) is 13.3. The van der Waals surface area contributed by atoms with E-state index in [0.29, 0.717) is 11.0 Å². The summed E-state index contributed by atoms with van der Waals surface area (Å²) in [7, 11) is 5.84. The molecule has 3 nitrogen and oxygen atoms in total. The third kappa shape index (κ3) is 6.70. The molecular weight excluding hydrogens is 201 g/mol. The minimum absolute atomic E-state index is 0. The Balaban J connectivity index is 0. The zero-order chi connectivity index (χ0) is 9.07. The van der Waals surface area contributed by atoms with Gasteiger partial charge >= 0.3 is 5.97 Å². The summed E-state index contributed by atoms with van der Waals surface area (Å²) >= 11 is 5.48. The molecular formula is C7H15Cl2NO2. The molecule has 0 aromatic heterocycles. The topological polar surface area (TPSA) is 37.3 Å². The number of carboxylic acids is 1. The number of hydrogen-bond acceptors (Lipinski definition) is 1. The van der Waals surface area contributed by atoms with E-state index in [9.17, 15) is 4.79 Å². The van der Waals surface area contributed by atoms with Gasteiger partial charge in [-0.1, -0.05) is 0 Å². The average Bonchev–Trinajstić information content (AvgIpc) is 1.80. The smallest absolute Gasteiger partial charge is 0.313 e. The Morgan fingerprint density at radius 2 is 1.92 bits per heavy atom. The van der Waals surface area contributed by atoms with Crippen LogP contribution in [-0.2, 0) is 4.79 Å². The van der Waals surface area contributed by atoms with Crippen LogP contribution in [0, 0.1) is 5.92 Å². The molecule has 0 aromatic rings. The third-order valence-corrected chi connectivity index (χ3v) is 1.68. The molecule has 0 saturated heterocycles. The maximum Gasteiger partial charge on any atom is 0.313 e. The predicted molar refractivity (Wildman–Crippen MR) is 44.7 cm³/mol. The van der Waals surface area contributed by atoms with Crippen LogP contribution < -0.4 is 12.4 Å². The van der Waals surface area contributed by atoms with Crippen molar-refractivity contribution in [2.45, 2.75) is 0 Å². The maximum atomic E-state index is 10.5. The van der Waals surface area contributed by atoms with Crippen molar-refractivity contribution < 1.29 is 26.8 Å². The molecule has 0 saturated carbocycles. The molecule has 12 heavy (non-hydrogen) atoms. The molecule has 0 aliphatic carbocycles. The van der Waals surface area contributed by atoms with Gasteiger partial charge in [0.2, 0.25) is 0 Å². The van der Waals surface area contributed by atoms with Gasteiger partial charge in [-0.15, -0.1) is 11.6 Å². The largest absolute Gasteiger partial charge is 1.00 e. The quantitative estimate of drug-likeness (QED) is 0.421. The molecule has 0 fully saturated rings. The summed E-state index contributed by atoms with van der Waals surface area (Å²) in [6.45, 7) is 0.568. The van der Waals surface area contributed by atoms with Crippen LogP contribution in [0.4, 0.5) is 0 Å². The summed E-state index contributed by atoms with van der Waals surface area (Å²) in [6, 6.07) is 0. The average molecular weight is 216 g/mol. The van der Waals surface area contributed by atoms with E-state index in [2.05, 4.69) is 0 Å². The highest BCUT2D eigenvalue weighted by Crippen LogP contribution is 2.05. The fourth-order valence-corrected chi connectivity index (χ4v) is 1.08. The van der Waals surface area contributed by atoms with Crippen LogP contribution in [0.1, 0.15) is 0 Å². The number of carbonyl (C=O) groups is 1. The third-order valence-electron chi connectivity index (χ3n) is 1.30. The van der Waals surface area contributed by atoms with Crippen LogP contribution >= 0.6 is 11.6 Å². The lowest BCUT2D eigenvalue weighted by Crippen LogP contribution is -3.00. The zero-order valence-electron chi connectivity index (χ0n) is 7.55. The summed E-state index contributed by atoms with van der Waals surface area (Å²) in [5, 5.41) is 8.64. The summed E-state index contributed by atoms with van der Waals surface area (Å²) in [6.07, 6.45) is 0. The molecule has 1 N–H and O–H groups in total. The van der Waals surface area contributed by atoms with Crippen molar-refractivity contribution in [1.82, 2.24) is 0 Å². The van der Waals surface area contributed by atoms with Crippen LogP contribution in [0.3, 0.4) is 0 Å². The van der Waals surface area contributed by atoms with Crippen LogP contribution in [0.25, 0.3) is 0 Å². The van der Waals surface area contributed by atoms with Crippen LogP contribution in [0.5, 0.6) is 0 Å². The molecule has 0 rings (SSSR count). The molecule has 1 unspecified atom stereocenters. The van der Waals surface area contributed by atoms with Crippen LogP contribution in [0.15, 0.2) is 0 Å². The molecule has 0 amide bonds. The molecule has 0 aromatic carbocycles. The molecule has 0 radical (unpaired) electrons. The highest BCUT2D eigenvalue weighted by molar-refractivity contribution is 6.19. The molecule has 0 spiro atoms. The number of rotatable bonds is 4. The summed E-state index contributed by atoms with van der Waals surface area (Å²) in [5.41, 5.74) is 0. The Kier molecular flexibility index (Phi) is 6.81. The van der Waals surface area contributed by atoms with Gasteiger partial charge in [0.1, 0.15) is 5.92 Å². The fourth-order valence-electron chi connectivity index (χ4n) is 0.854. The minimum atomic E-state index is -0.812. The van der Waals surface area contributed by atoms with Gasteiger partial charge in [-0.05, 0) is 0 Å². The van der Waals surface area contributed by atoms with E-state index in [-0.39, 0.29) is 18.3 Å². The van der Waals surface area contributed by atoms with Crippen molar-refractivity contribution in [3.8, 4) is 0 Å². The van der Waals surface area contributed by atoms with Gasteiger partial charge in [0, 0.05) is 5.88 Å². The van der Waals surface area contributed by atoms with Gasteiger partial charge in [-0.3, -0.25) is 4.79 Å². The second-order valence-electron chi connectivity index (χ2n) is 3.66. The number of quaternary nitrogens is 1. The van der Waals surface area contributed by atoms with Crippen LogP contribution in [-0.4, -0.2) is 49.1 Å². The first-order chi connectivity index (χ1) is 4.87. The van der Waals surface area contributed by atoms with Gasteiger partial charge in [-0.2, -0.15) is 0 Å². The van der Waals surface area contributed by atoms with Gasteiger partial charge < -0.3 is 22.0 Å². The molecule has 0 aliphatic rings. The first-order valence-corrected chi connectivity index (χ1v) is 3.99. The van der Waals surface area contributed by atoms with Crippen molar-refractivity contribution >= 4 is 17.6 Å². The lowest BCUT2D eigenvalue weighted by Gasteiger charge is -2.26. The minimum Gasteiger partial charge on any atom is -1.00 e. The van der Waals surface area contributed by atoms with Crippen molar-refractivity contribution in [3.05, 3.63) is 0 Å². The molecule has 74 valence electrons. The second kappa shape index (κ2) is 5.62. The Morgan fingerprint density at radius 3 is 2.00 bits per heavy atom. The second-order valence-corrected chi connectivity index (χ2v) is 3.97. The SMILES string of the molecule is C[N+](C)(C)CC(CCl)C(=O)O.[Cl-]. The highest BCUT2D eigenvalue weighted by atomic mass is 35.5. The number of aliphatic carboxylic acids is 1. The molecule has 1 atom stereocenters. The lowest BCUT2D eigenvalue weighted by atomic mass is 10.1. The fraction of sp³-hybridized carbons (Fsp3) is 0.857. The Bertz CT molecular complexity index is 145. The van der Waals surface area contributed by atoms with Gasteiger partial charge in [0.05, 0.1) is 27.7 Å². The Morgan fingerprint density at radius 1 is 1.50 bits per heavy atom. The first kappa shape index (κ1) is 14.5. The number of halogens is 2. The summed E-state index contributed by atoms with van der Waals surface area (Å²) in [4.78, 5) is 10.5. The number of carboxylic acid groups (broad SMARTS) is 1. The molecule has 0 aliphatic heterocycles. The molecule has 0 heterocycles. The van der Waals surface area contributed by atoms with Gasteiger partial charge in [0.15, 0.2) is 0 Å². The Hall–Kier alpha value is 0.01000. The number of alkyl halides is 1. The predicted octanol–water partition coefficient (Wildman–Crippen LogP) is -2.36. The molecule has 5 heteroatoms. The van der Waals surface area contributed by atoms with E-state index in [0.717, 1.165) is 0 Å². The number of nitrogens with zero attached hydrogens (tertiary/aromatic N) is 1. The van der Waals surface area contributed by atoms with Gasteiger partial charge in [0.25, 0.3) is 0 Å².